The van der Waals surface area contributed by atoms with Gasteiger partial charge in [0.25, 0.3) is 11.5 Å². The van der Waals surface area contributed by atoms with Crippen LogP contribution in [-0.2, 0) is 7.05 Å². The lowest BCUT2D eigenvalue weighted by Gasteiger charge is -2.23. The first-order valence-electron chi connectivity index (χ1n) is 11.2. The molecule has 0 aliphatic heterocycles. The molecule has 0 saturated heterocycles. The Morgan fingerprint density at radius 2 is 2.06 bits per heavy atom. The standard InChI is InChI=1S/C24H29ClN6O2S/c1-13-10-16(14(2)26-18-8-9-19(25)27-21(18)22(32)29-34-5)20-17(11-13)23(33)31(4)24(28-20)30(3)12-15-6-7-15/h8-11,14-15,26H,6-7,12H2,1-5H3,(H,29,32). The van der Waals surface area contributed by atoms with Crippen LogP contribution >= 0.6 is 23.5 Å². The van der Waals surface area contributed by atoms with Crippen molar-refractivity contribution >= 4 is 52.0 Å². The second-order valence-corrected chi connectivity index (χ2v) is 9.88. The van der Waals surface area contributed by atoms with Gasteiger partial charge in [0.2, 0.25) is 5.95 Å². The molecule has 4 rings (SSSR count). The molecule has 1 saturated carbocycles. The number of benzene rings is 1. The summed E-state index contributed by atoms with van der Waals surface area (Å²) in [4.78, 5) is 37.1. The molecule has 1 unspecified atom stereocenters. The summed E-state index contributed by atoms with van der Waals surface area (Å²) >= 11 is 7.25. The van der Waals surface area contributed by atoms with Crippen LogP contribution in [0.15, 0.2) is 29.1 Å². The minimum Gasteiger partial charge on any atom is -0.377 e. The van der Waals surface area contributed by atoms with Crippen molar-refractivity contribution in [2.24, 2.45) is 13.0 Å². The van der Waals surface area contributed by atoms with Crippen molar-refractivity contribution in [1.82, 2.24) is 19.3 Å². The lowest BCUT2D eigenvalue weighted by atomic mass is 10.0. The summed E-state index contributed by atoms with van der Waals surface area (Å²) in [7, 11) is 3.75. The molecule has 34 heavy (non-hydrogen) atoms. The van der Waals surface area contributed by atoms with Gasteiger partial charge in [-0.2, -0.15) is 0 Å². The number of halogens is 1. The number of amides is 1. The third-order valence-corrected chi connectivity index (χ3v) is 6.61. The monoisotopic (exact) mass is 500 g/mol. The van der Waals surface area contributed by atoms with Crippen LogP contribution in [0.5, 0.6) is 0 Å². The maximum atomic E-state index is 13.3. The molecule has 10 heteroatoms. The third kappa shape index (κ3) is 5.00. The zero-order chi connectivity index (χ0) is 24.6. The molecule has 0 radical (unpaired) electrons. The Labute approximate surface area is 208 Å². The number of nitrogens with zero attached hydrogens (tertiary/aromatic N) is 4. The summed E-state index contributed by atoms with van der Waals surface area (Å²) in [5, 5.41) is 4.19. The second kappa shape index (κ2) is 9.84. The Morgan fingerprint density at radius 1 is 1.32 bits per heavy atom. The van der Waals surface area contributed by atoms with E-state index in [1.807, 2.05) is 33.0 Å². The van der Waals surface area contributed by atoms with Crippen molar-refractivity contribution in [3.8, 4) is 0 Å². The van der Waals surface area contributed by atoms with Crippen LogP contribution in [0, 0.1) is 12.8 Å². The fourth-order valence-electron chi connectivity index (χ4n) is 4.16. The third-order valence-electron chi connectivity index (χ3n) is 6.01. The molecule has 1 aliphatic rings. The Morgan fingerprint density at radius 3 is 2.74 bits per heavy atom. The van der Waals surface area contributed by atoms with E-state index in [-0.39, 0.29) is 28.4 Å². The van der Waals surface area contributed by atoms with Gasteiger partial charge in [0.15, 0.2) is 5.69 Å². The first-order chi connectivity index (χ1) is 16.2. The molecule has 1 aliphatic carbocycles. The van der Waals surface area contributed by atoms with Crippen molar-refractivity contribution in [3.63, 3.8) is 0 Å². The average Bonchev–Trinajstić information content (AvgIpc) is 3.61. The van der Waals surface area contributed by atoms with Crippen LogP contribution < -0.4 is 20.5 Å². The molecule has 3 aromatic rings. The van der Waals surface area contributed by atoms with E-state index < -0.39 is 0 Å². The Hall–Kier alpha value is -2.78. The molecule has 2 aromatic heterocycles. The first kappa shape index (κ1) is 24.3. The van der Waals surface area contributed by atoms with Gasteiger partial charge >= 0.3 is 0 Å². The van der Waals surface area contributed by atoms with Crippen molar-refractivity contribution in [2.45, 2.75) is 32.7 Å². The highest BCUT2D eigenvalue weighted by atomic mass is 35.5. The number of carbonyl (C=O) groups excluding carboxylic acids is 1. The quantitative estimate of drug-likeness (QED) is 0.351. The molecule has 2 N–H and O–H groups in total. The number of anilines is 2. The summed E-state index contributed by atoms with van der Waals surface area (Å²) in [5.74, 6) is 0.976. The number of nitrogens with one attached hydrogen (secondary N) is 2. The van der Waals surface area contributed by atoms with Gasteiger partial charge in [0.05, 0.1) is 22.6 Å². The Balaban J connectivity index is 1.77. The summed E-state index contributed by atoms with van der Waals surface area (Å²) in [6, 6.07) is 7.03. The van der Waals surface area contributed by atoms with E-state index in [4.69, 9.17) is 16.6 Å². The topological polar surface area (TPSA) is 92.2 Å². The summed E-state index contributed by atoms with van der Waals surface area (Å²) in [6.07, 6.45) is 4.21. The Bertz CT molecular complexity index is 1310. The number of fused-ring (bicyclic) bond motifs is 1. The summed E-state index contributed by atoms with van der Waals surface area (Å²) < 4.78 is 4.32. The van der Waals surface area contributed by atoms with Crippen LogP contribution in [0.25, 0.3) is 10.9 Å². The molecule has 180 valence electrons. The molecular formula is C24H29ClN6O2S. The number of hydrogen-bond donors (Lipinski definition) is 2. The number of rotatable bonds is 8. The van der Waals surface area contributed by atoms with Gasteiger partial charge in [-0.05, 0) is 56.4 Å². The fraction of sp³-hybridized carbons (Fsp3) is 0.417. The number of pyridine rings is 1. The van der Waals surface area contributed by atoms with Gasteiger partial charge in [-0.3, -0.25) is 18.9 Å². The molecule has 0 spiro atoms. The predicted molar refractivity (Wildman–Crippen MR) is 140 cm³/mol. The normalized spacial score (nSPS) is 14.2. The number of hydrogen-bond acceptors (Lipinski definition) is 7. The van der Waals surface area contributed by atoms with E-state index >= 15 is 0 Å². The van der Waals surface area contributed by atoms with Crippen LogP contribution in [0.2, 0.25) is 5.15 Å². The highest BCUT2D eigenvalue weighted by Crippen LogP contribution is 2.32. The van der Waals surface area contributed by atoms with E-state index in [0.717, 1.165) is 17.7 Å². The summed E-state index contributed by atoms with van der Waals surface area (Å²) in [6.45, 7) is 4.82. The maximum absolute atomic E-state index is 13.3. The molecular weight excluding hydrogens is 472 g/mol. The highest BCUT2D eigenvalue weighted by molar-refractivity contribution is 7.97. The average molecular weight is 501 g/mol. The zero-order valence-electron chi connectivity index (χ0n) is 20.0. The van der Waals surface area contributed by atoms with E-state index in [1.54, 1.807) is 30.0 Å². The lowest BCUT2D eigenvalue weighted by molar-refractivity contribution is 0.0980. The van der Waals surface area contributed by atoms with Gasteiger partial charge < -0.3 is 10.2 Å². The molecule has 8 nitrogen and oxygen atoms in total. The molecule has 2 heterocycles. The first-order valence-corrected chi connectivity index (χ1v) is 12.8. The minimum atomic E-state index is -0.338. The predicted octanol–water partition coefficient (Wildman–Crippen LogP) is 4.32. The zero-order valence-corrected chi connectivity index (χ0v) is 21.5. The van der Waals surface area contributed by atoms with Gasteiger partial charge in [-0.1, -0.05) is 29.6 Å². The van der Waals surface area contributed by atoms with Crippen molar-refractivity contribution in [2.75, 3.05) is 30.1 Å². The largest absolute Gasteiger partial charge is 0.377 e. The van der Waals surface area contributed by atoms with Gasteiger partial charge in [0, 0.05) is 32.5 Å². The molecule has 1 aromatic carbocycles. The van der Waals surface area contributed by atoms with Crippen LogP contribution in [-0.4, -0.2) is 40.3 Å². The second-order valence-electron chi connectivity index (χ2n) is 8.88. The molecule has 1 fully saturated rings. The van der Waals surface area contributed by atoms with Crippen LogP contribution in [0.4, 0.5) is 11.6 Å². The van der Waals surface area contributed by atoms with Gasteiger partial charge in [0.1, 0.15) is 5.15 Å². The van der Waals surface area contributed by atoms with E-state index in [0.29, 0.717) is 28.5 Å². The van der Waals surface area contributed by atoms with E-state index in [2.05, 4.69) is 19.9 Å². The van der Waals surface area contributed by atoms with Crippen molar-refractivity contribution < 1.29 is 4.79 Å². The molecule has 1 atom stereocenters. The van der Waals surface area contributed by atoms with E-state index in [9.17, 15) is 9.59 Å². The van der Waals surface area contributed by atoms with Crippen LogP contribution in [0.1, 0.15) is 47.4 Å². The van der Waals surface area contributed by atoms with Crippen molar-refractivity contribution in [1.29, 1.82) is 0 Å². The molecule has 1 amide bonds. The number of aromatic nitrogens is 3. The fourth-order valence-corrected chi connectivity index (χ4v) is 4.59. The molecule has 0 bridgehead atoms. The minimum absolute atomic E-state index is 0.0759. The Kier molecular flexibility index (Phi) is 7.04. The SMILES string of the molecule is CSNC(=O)c1nc(Cl)ccc1NC(C)c1cc(C)cc2c(=O)n(C)c(N(C)CC3CC3)nc12. The van der Waals surface area contributed by atoms with Gasteiger partial charge in [-0.15, -0.1) is 0 Å². The number of carbonyl (C=O) groups is 1. The van der Waals surface area contributed by atoms with Gasteiger partial charge in [-0.25, -0.2) is 9.97 Å². The van der Waals surface area contributed by atoms with Crippen molar-refractivity contribution in [3.05, 3.63) is 56.6 Å². The highest BCUT2D eigenvalue weighted by Gasteiger charge is 2.25. The number of aryl methyl sites for hydroxylation is 1. The van der Waals surface area contributed by atoms with E-state index in [1.165, 1.54) is 24.8 Å². The lowest BCUT2D eigenvalue weighted by Crippen LogP contribution is -2.30. The summed E-state index contributed by atoms with van der Waals surface area (Å²) in [5.41, 5.74) is 3.17. The maximum Gasteiger partial charge on any atom is 0.281 e. The smallest absolute Gasteiger partial charge is 0.281 e. The van der Waals surface area contributed by atoms with Crippen LogP contribution in [0.3, 0.4) is 0 Å².